The predicted molar refractivity (Wildman–Crippen MR) is 87.2 cm³/mol. The molecule has 1 aromatic rings. The van der Waals surface area contributed by atoms with E-state index in [0.29, 0.717) is 18.0 Å². The average molecular weight is 346 g/mol. The molecule has 3 unspecified atom stereocenters. The number of benzene rings is 1. The lowest BCUT2D eigenvalue weighted by Gasteiger charge is -2.40. The van der Waals surface area contributed by atoms with E-state index in [1.54, 1.807) is 0 Å². The summed E-state index contributed by atoms with van der Waals surface area (Å²) in [5.74, 6) is 0.633. The molecule has 1 aromatic carbocycles. The van der Waals surface area contributed by atoms with Gasteiger partial charge in [-0.25, -0.2) is 0 Å². The highest BCUT2D eigenvalue weighted by atomic mass is 79.9. The van der Waals surface area contributed by atoms with E-state index in [1.165, 1.54) is 0 Å². The highest BCUT2D eigenvalue weighted by molar-refractivity contribution is 9.10. The number of nitrogens with zero attached hydrogens (tertiary/aromatic N) is 1. The Balaban J connectivity index is 2.15. The van der Waals surface area contributed by atoms with E-state index in [1.807, 2.05) is 13.0 Å². The van der Waals surface area contributed by atoms with Crippen LogP contribution in [-0.2, 0) is 0 Å². The number of hydrogen-bond donors (Lipinski definition) is 1. The third-order valence-corrected chi connectivity index (χ3v) is 5.26. The first kappa shape index (κ1) is 15.1. The van der Waals surface area contributed by atoms with Gasteiger partial charge in [0.15, 0.2) is 0 Å². The maximum Gasteiger partial charge on any atom is 0.0502 e. The van der Waals surface area contributed by atoms with Gasteiger partial charge in [0.2, 0.25) is 0 Å². The fourth-order valence-electron chi connectivity index (χ4n) is 2.70. The summed E-state index contributed by atoms with van der Waals surface area (Å²) in [6, 6.07) is 5.22. The van der Waals surface area contributed by atoms with Crippen molar-refractivity contribution in [1.29, 1.82) is 0 Å². The maximum absolute atomic E-state index is 6.22. The van der Waals surface area contributed by atoms with Gasteiger partial charge in [-0.15, -0.1) is 0 Å². The Morgan fingerprint density at radius 2 is 2.05 bits per heavy atom. The molecule has 0 amide bonds. The van der Waals surface area contributed by atoms with Crippen LogP contribution in [0.3, 0.4) is 0 Å². The molecule has 0 spiro atoms. The molecule has 0 saturated carbocycles. The molecule has 106 valence electrons. The van der Waals surface area contributed by atoms with Crippen LogP contribution in [0.4, 0.5) is 5.69 Å². The second-order valence-corrected chi connectivity index (χ2v) is 7.10. The van der Waals surface area contributed by atoms with E-state index < -0.39 is 0 Å². The molecule has 2 nitrogen and oxygen atoms in total. The van der Waals surface area contributed by atoms with Gasteiger partial charge in [0, 0.05) is 28.1 Å². The van der Waals surface area contributed by atoms with Crippen LogP contribution in [0.5, 0.6) is 0 Å². The molecular formula is C15H22BrClN2. The molecule has 0 radical (unpaired) electrons. The molecule has 0 aliphatic carbocycles. The molecule has 1 aliphatic rings. The number of hydrogen-bond acceptors (Lipinski definition) is 2. The molecule has 1 heterocycles. The van der Waals surface area contributed by atoms with Crippen molar-refractivity contribution in [2.24, 2.45) is 5.92 Å². The number of piperidine rings is 1. The van der Waals surface area contributed by atoms with Crippen LogP contribution < -0.4 is 5.32 Å². The van der Waals surface area contributed by atoms with Gasteiger partial charge >= 0.3 is 0 Å². The number of halogens is 2. The quantitative estimate of drug-likeness (QED) is 0.846. The SMILES string of the molecule is Cc1cc(Br)c(NC2CC(C)N(C)CC2C)cc1Cl. The van der Waals surface area contributed by atoms with E-state index in [9.17, 15) is 0 Å². The number of anilines is 1. The second-order valence-electron chi connectivity index (χ2n) is 5.83. The Bertz CT molecular complexity index is 464. The number of nitrogens with one attached hydrogen (secondary N) is 1. The number of likely N-dealkylation sites (tertiary alicyclic amines) is 1. The van der Waals surface area contributed by atoms with E-state index in [-0.39, 0.29) is 0 Å². The molecule has 1 aliphatic heterocycles. The summed E-state index contributed by atoms with van der Waals surface area (Å²) in [6.45, 7) is 7.76. The Kier molecular flexibility index (Phi) is 4.80. The zero-order valence-electron chi connectivity index (χ0n) is 12.0. The van der Waals surface area contributed by atoms with E-state index in [2.05, 4.69) is 53.1 Å². The minimum atomic E-state index is 0.501. The van der Waals surface area contributed by atoms with Gasteiger partial charge in [0.1, 0.15) is 0 Å². The highest BCUT2D eigenvalue weighted by Crippen LogP contribution is 2.32. The summed E-state index contributed by atoms with van der Waals surface area (Å²) in [7, 11) is 2.20. The van der Waals surface area contributed by atoms with Crippen molar-refractivity contribution in [2.75, 3.05) is 18.9 Å². The monoisotopic (exact) mass is 344 g/mol. The molecular weight excluding hydrogens is 324 g/mol. The fourth-order valence-corrected chi connectivity index (χ4v) is 3.43. The first-order valence-corrected chi connectivity index (χ1v) is 7.98. The molecule has 19 heavy (non-hydrogen) atoms. The van der Waals surface area contributed by atoms with Crippen LogP contribution in [0.25, 0.3) is 0 Å². The normalized spacial score (nSPS) is 28.4. The van der Waals surface area contributed by atoms with E-state index in [0.717, 1.165) is 33.7 Å². The van der Waals surface area contributed by atoms with E-state index in [4.69, 9.17) is 11.6 Å². The van der Waals surface area contributed by atoms with Crippen molar-refractivity contribution in [3.8, 4) is 0 Å². The van der Waals surface area contributed by atoms with Crippen LogP contribution >= 0.6 is 27.5 Å². The molecule has 1 N–H and O–H groups in total. The van der Waals surface area contributed by atoms with E-state index >= 15 is 0 Å². The van der Waals surface area contributed by atoms with Crippen LogP contribution in [0.1, 0.15) is 25.8 Å². The van der Waals surface area contributed by atoms with Crippen LogP contribution in [-0.4, -0.2) is 30.6 Å². The van der Waals surface area contributed by atoms with Gasteiger partial charge in [-0.1, -0.05) is 18.5 Å². The lowest BCUT2D eigenvalue weighted by atomic mass is 9.89. The largest absolute Gasteiger partial charge is 0.381 e. The highest BCUT2D eigenvalue weighted by Gasteiger charge is 2.29. The van der Waals surface area contributed by atoms with Gasteiger partial charge in [-0.2, -0.15) is 0 Å². The molecule has 0 bridgehead atoms. The van der Waals surface area contributed by atoms with Gasteiger partial charge in [0.25, 0.3) is 0 Å². The summed E-state index contributed by atoms with van der Waals surface area (Å²) in [6.07, 6.45) is 1.16. The van der Waals surface area contributed by atoms with Gasteiger partial charge in [-0.3, -0.25) is 0 Å². The standard InChI is InChI=1S/C15H22BrClN2/c1-9-5-12(16)15(7-13(9)17)18-14-6-11(3)19(4)8-10(14)2/h5,7,10-11,14,18H,6,8H2,1-4H3. The first-order valence-electron chi connectivity index (χ1n) is 6.81. The molecule has 0 aromatic heterocycles. The zero-order valence-corrected chi connectivity index (χ0v) is 14.3. The van der Waals surface area contributed by atoms with Gasteiger partial charge in [-0.05, 0) is 66.9 Å². The third kappa shape index (κ3) is 3.45. The summed E-state index contributed by atoms with van der Waals surface area (Å²) in [5.41, 5.74) is 2.20. The van der Waals surface area contributed by atoms with Crippen molar-refractivity contribution in [3.63, 3.8) is 0 Å². The Morgan fingerprint density at radius 1 is 1.37 bits per heavy atom. The zero-order chi connectivity index (χ0) is 14.2. The lowest BCUT2D eigenvalue weighted by molar-refractivity contribution is 0.145. The minimum absolute atomic E-state index is 0.501. The van der Waals surface area contributed by atoms with Crippen molar-refractivity contribution in [2.45, 2.75) is 39.3 Å². The molecule has 2 rings (SSSR count). The maximum atomic E-state index is 6.22. The van der Waals surface area contributed by atoms with Crippen molar-refractivity contribution in [3.05, 3.63) is 27.2 Å². The summed E-state index contributed by atoms with van der Waals surface area (Å²) in [5, 5.41) is 4.48. The van der Waals surface area contributed by atoms with Crippen LogP contribution in [0.15, 0.2) is 16.6 Å². The second kappa shape index (κ2) is 6.02. The Morgan fingerprint density at radius 3 is 2.74 bits per heavy atom. The van der Waals surface area contributed by atoms with Gasteiger partial charge in [0.05, 0.1) is 5.69 Å². The Hall–Kier alpha value is -0.250. The fraction of sp³-hybridized carbons (Fsp3) is 0.600. The first-order chi connectivity index (χ1) is 8.88. The summed E-state index contributed by atoms with van der Waals surface area (Å²) >= 11 is 9.85. The Labute approximate surface area is 129 Å². The van der Waals surface area contributed by atoms with Gasteiger partial charge < -0.3 is 10.2 Å². The van der Waals surface area contributed by atoms with Crippen molar-refractivity contribution in [1.82, 2.24) is 4.90 Å². The molecule has 4 heteroatoms. The van der Waals surface area contributed by atoms with Crippen molar-refractivity contribution >= 4 is 33.2 Å². The topological polar surface area (TPSA) is 15.3 Å². The molecule has 1 saturated heterocycles. The average Bonchev–Trinajstić information content (AvgIpc) is 2.32. The lowest BCUT2D eigenvalue weighted by Crippen LogP contribution is -2.48. The molecule has 3 atom stereocenters. The minimum Gasteiger partial charge on any atom is -0.381 e. The predicted octanol–water partition coefficient (Wildman–Crippen LogP) is 4.55. The third-order valence-electron chi connectivity index (χ3n) is 4.20. The smallest absolute Gasteiger partial charge is 0.0502 e. The molecule has 1 fully saturated rings. The van der Waals surface area contributed by atoms with Crippen LogP contribution in [0, 0.1) is 12.8 Å². The van der Waals surface area contributed by atoms with Crippen LogP contribution in [0.2, 0.25) is 5.02 Å². The summed E-state index contributed by atoms with van der Waals surface area (Å²) in [4.78, 5) is 2.43. The van der Waals surface area contributed by atoms with Crippen molar-refractivity contribution < 1.29 is 0 Å². The number of aryl methyl sites for hydroxylation is 1. The summed E-state index contributed by atoms with van der Waals surface area (Å²) < 4.78 is 1.09. The number of rotatable bonds is 2.